The van der Waals surface area contributed by atoms with E-state index in [9.17, 15) is 4.39 Å². The first-order chi connectivity index (χ1) is 15.1. The highest BCUT2D eigenvalue weighted by molar-refractivity contribution is 5.30. The van der Waals surface area contributed by atoms with E-state index < -0.39 is 0 Å². The molecule has 0 bridgehead atoms. The minimum absolute atomic E-state index is 0.163. The van der Waals surface area contributed by atoms with Gasteiger partial charge in [-0.3, -0.25) is 9.80 Å². The van der Waals surface area contributed by atoms with Crippen LogP contribution in [0.2, 0.25) is 0 Å². The fraction of sp³-hybridized carbons (Fsp3) is 0.333. The van der Waals surface area contributed by atoms with Gasteiger partial charge >= 0.3 is 0 Å². The molecule has 0 aliphatic carbocycles. The van der Waals surface area contributed by atoms with E-state index in [4.69, 9.17) is 4.74 Å². The van der Waals surface area contributed by atoms with Crippen LogP contribution >= 0.6 is 0 Å². The number of rotatable bonds is 7. The van der Waals surface area contributed by atoms with Gasteiger partial charge in [0.2, 0.25) is 0 Å². The monoisotopic (exact) mass is 418 g/mol. The summed E-state index contributed by atoms with van der Waals surface area (Å²) < 4.78 is 19.1. The largest absolute Gasteiger partial charge is 0.494 e. The third-order valence-electron chi connectivity index (χ3n) is 5.88. The summed E-state index contributed by atoms with van der Waals surface area (Å²) in [6.45, 7) is 8.55. The molecule has 0 spiro atoms. The lowest BCUT2D eigenvalue weighted by molar-refractivity contribution is -0.00912. The molecule has 0 N–H and O–H groups in total. The summed E-state index contributed by atoms with van der Waals surface area (Å²) >= 11 is 0. The van der Waals surface area contributed by atoms with Crippen molar-refractivity contribution in [2.45, 2.75) is 39.5 Å². The second-order valence-corrected chi connectivity index (χ2v) is 8.28. The molecule has 1 aliphatic rings. The summed E-state index contributed by atoms with van der Waals surface area (Å²) in [5.74, 6) is 0.712. The van der Waals surface area contributed by atoms with Crippen molar-refractivity contribution in [3.05, 3.63) is 101 Å². The van der Waals surface area contributed by atoms with Crippen molar-refractivity contribution in [3.8, 4) is 5.75 Å². The van der Waals surface area contributed by atoms with Gasteiger partial charge in [0.05, 0.1) is 12.8 Å². The van der Waals surface area contributed by atoms with Gasteiger partial charge in [0.25, 0.3) is 0 Å². The minimum atomic E-state index is -0.188. The normalized spacial score (nSPS) is 17.6. The third kappa shape index (κ3) is 5.52. The Labute approximate surface area is 185 Å². The summed E-state index contributed by atoms with van der Waals surface area (Å²) in [7, 11) is 0. The van der Waals surface area contributed by atoms with Crippen LogP contribution in [0.5, 0.6) is 5.75 Å². The molecule has 1 unspecified atom stereocenters. The Balaban J connectivity index is 1.61. The average Bonchev–Trinajstić information content (AvgIpc) is 2.78. The Morgan fingerprint density at radius 2 is 1.35 bits per heavy atom. The summed E-state index contributed by atoms with van der Waals surface area (Å²) in [5.41, 5.74) is 5.00. The molecular formula is C27H31FN2O. The first kappa shape index (κ1) is 21.5. The van der Waals surface area contributed by atoms with Crippen LogP contribution in [0.3, 0.4) is 0 Å². The molecule has 3 aromatic rings. The summed E-state index contributed by atoms with van der Waals surface area (Å²) in [5, 5.41) is 0. The highest BCUT2D eigenvalue weighted by Crippen LogP contribution is 2.33. The molecule has 4 heteroatoms. The Hall–Kier alpha value is -2.69. The highest BCUT2D eigenvalue weighted by Gasteiger charge is 2.30. The van der Waals surface area contributed by atoms with Gasteiger partial charge in [0, 0.05) is 26.2 Å². The second-order valence-electron chi connectivity index (χ2n) is 8.28. The lowest BCUT2D eigenvalue weighted by Gasteiger charge is -2.44. The zero-order chi connectivity index (χ0) is 21.6. The van der Waals surface area contributed by atoms with Crippen LogP contribution in [0.25, 0.3) is 0 Å². The zero-order valence-electron chi connectivity index (χ0n) is 18.4. The predicted octanol–water partition coefficient (Wildman–Crippen LogP) is 5.94. The molecule has 1 aliphatic heterocycles. The van der Waals surface area contributed by atoms with Crippen LogP contribution in [0.1, 0.15) is 41.8 Å². The van der Waals surface area contributed by atoms with Gasteiger partial charge in [0.15, 0.2) is 0 Å². The summed E-state index contributed by atoms with van der Waals surface area (Å²) in [4.78, 5) is 5.05. The number of nitrogens with zero attached hydrogens (tertiary/aromatic N) is 2. The Morgan fingerprint density at radius 1 is 0.806 bits per heavy atom. The van der Waals surface area contributed by atoms with Crippen molar-refractivity contribution in [1.29, 1.82) is 0 Å². The topological polar surface area (TPSA) is 15.7 Å². The van der Waals surface area contributed by atoms with Crippen molar-refractivity contribution < 1.29 is 9.13 Å². The fourth-order valence-electron chi connectivity index (χ4n) is 4.36. The van der Waals surface area contributed by atoms with Gasteiger partial charge in [-0.2, -0.15) is 0 Å². The standard InChI is InChI=1S/C27H31FN2O/c1-3-31-26-15-11-24(12-16-26)27-29(19-22-7-5-21(2)6-8-22)17-4-18-30(27)20-23-9-13-25(28)14-10-23/h5-16,27H,3-4,17-20H2,1-2H3. The van der Waals surface area contributed by atoms with Gasteiger partial charge in [-0.15, -0.1) is 0 Å². The van der Waals surface area contributed by atoms with Crippen molar-refractivity contribution in [1.82, 2.24) is 9.80 Å². The number of benzene rings is 3. The Morgan fingerprint density at radius 3 is 1.90 bits per heavy atom. The quantitative estimate of drug-likeness (QED) is 0.472. The van der Waals surface area contributed by atoms with E-state index in [2.05, 4.69) is 65.3 Å². The SMILES string of the molecule is CCOc1ccc(C2N(Cc3ccc(C)cc3)CCCN2Cc2ccc(F)cc2)cc1. The van der Waals surface area contributed by atoms with E-state index in [0.29, 0.717) is 6.61 Å². The zero-order valence-corrected chi connectivity index (χ0v) is 18.4. The molecule has 0 aromatic heterocycles. The molecule has 0 amide bonds. The van der Waals surface area contributed by atoms with Crippen LogP contribution in [0.4, 0.5) is 4.39 Å². The lowest BCUT2D eigenvalue weighted by Crippen LogP contribution is -2.46. The van der Waals surface area contributed by atoms with Crippen LogP contribution in [0, 0.1) is 12.7 Å². The van der Waals surface area contributed by atoms with E-state index in [-0.39, 0.29) is 12.0 Å². The van der Waals surface area contributed by atoms with E-state index in [1.165, 1.54) is 16.7 Å². The van der Waals surface area contributed by atoms with Crippen LogP contribution in [-0.4, -0.2) is 29.5 Å². The number of hydrogen-bond acceptors (Lipinski definition) is 3. The molecule has 1 fully saturated rings. The van der Waals surface area contributed by atoms with Gasteiger partial charge in [-0.1, -0.05) is 54.1 Å². The van der Waals surface area contributed by atoms with Crippen molar-refractivity contribution >= 4 is 0 Å². The molecule has 4 rings (SSSR count). The Bertz CT molecular complexity index is 899. The molecule has 1 atom stereocenters. The predicted molar refractivity (Wildman–Crippen MR) is 123 cm³/mol. The second kappa shape index (κ2) is 10.1. The van der Waals surface area contributed by atoms with Gasteiger partial charge < -0.3 is 4.74 Å². The molecule has 31 heavy (non-hydrogen) atoms. The van der Waals surface area contributed by atoms with E-state index in [1.54, 1.807) is 12.1 Å². The smallest absolute Gasteiger partial charge is 0.123 e. The van der Waals surface area contributed by atoms with Crippen LogP contribution in [-0.2, 0) is 13.1 Å². The fourth-order valence-corrected chi connectivity index (χ4v) is 4.36. The minimum Gasteiger partial charge on any atom is -0.494 e. The van der Waals surface area contributed by atoms with Crippen LogP contribution in [0.15, 0.2) is 72.8 Å². The maximum atomic E-state index is 13.4. The molecule has 3 aromatic carbocycles. The van der Waals surface area contributed by atoms with E-state index >= 15 is 0 Å². The first-order valence-corrected chi connectivity index (χ1v) is 11.1. The van der Waals surface area contributed by atoms with E-state index in [0.717, 1.165) is 43.9 Å². The number of aryl methyl sites for hydroxylation is 1. The molecule has 162 valence electrons. The van der Waals surface area contributed by atoms with Gasteiger partial charge in [0.1, 0.15) is 11.6 Å². The Kier molecular flexibility index (Phi) is 7.00. The number of halogens is 1. The maximum absolute atomic E-state index is 13.4. The number of ether oxygens (including phenoxy) is 1. The molecule has 0 saturated carbocycles. The number of hydrogen-bond donors (Lipinski definition) is 0. The van der Waals surface area contributed by atoms with Crippen molar-refractivity contribution in [2.24, 2.45) is 0 Å². The molecule has 1 saturated heterocycles. The molecule has 0 radical (unpaired) electrons. The van der Waals surface area contributed by atoms with Crippen molar-refractivity contribution in [2.75, 3.05) is 19.7 Å². The van der Waals surface area contributed by atoms with Gasteiger partial charge in [-0.05, 0) is 61.2 Å². The third-order valence-corrected chi connectivity index (χ3v) is 5.88. The summed E-state index contributed by atoms with van der Waals surface area (Å²) in [6, 6.07) is 24.2. The average molecular weight is 419 g/mol. The van der Waals surface area contributed by atoms with Crippen LogP contribution < -0.4 is 4.74 Å². The maximum Gasteiger partial charge on any atom is 0.123 e. The molecule has 3 nitrogen and oxygen atoms in total. The highest BCUT2D eigenvalue weighted by atomic mass is 19.1. The lowest BCUT2D eigenvalue weighted by atomic mass is 10.0. The van der Waals surface area contributed by atoms with E-state index in [1.807, 2.05) is 19.1 Å². The summed E-state index contributed by atoms with van der Waals surface area (Å²) in [6.07, 6.45) is 1.27. The molecule has 1 heterocycles. The van der Waals surface area contributed by atoms with Gasteiger partial charge in [-0.25, -0.2) is 4.39 Å². The first-order valence-electron chi connectivity index (χ1n) is 11.1. The van der Waals surface area contributed by atoms with Crippen molar-refractivity contribution in [3.63, 3.8) is 0 Å². The molecular weight excluding hydrogens is 387 g/mol.